The summed E-state index contributed by atoms with van der Waals surface area (Å²) in [5.41, 5.74) is 0. The Morgan fingerprint density at radius 1 is 1.00 bits per heavy atom. The molecule has 5 N–H and O–H groups in total. The predicted octanol–water partition coefficient (Wildman–Crippen LogP) is -11.2. The third-order valence-corrected chi connectivity index (χ3v) is 0. The molecule has 0 aliphatic heterocycles. The minimum absolute atomic E-state index is 0. The summed E-state index contributed by atoms with van der Waals surface area (Å²) in [6.45, 7) is 0. The van der Waals surface area contributed by atoms with E-state index in [1.807, 2.05) is 0 Å². The topological polar surface area (TPSA) is 135 Å². The van der Waals surface area contributed by atoms with Gasteiger partial charge in [-0.1, -0.05) is 0 Å². The maximum absolute atomic E-state index is 8.88. The summed E-state index contributed by atoms with van der Waals surface area (Å²) in [6.07, 6.45) is 0. The normalized spacial score (nSPS) is 6.92. The van der Waals surface area contributed by atoms with Crippen molar-refractivity contribution in [2.75, 3.05) is 0 Å². The number of hydrogen-bond donors (Lipinski definition) is 5. The van der Waals surface area contributed by atoms with Gasteiger partial charge < -0.3 is 28.6 Å². The van der Waals surface area contributed by atoms with Crippen molar-refractivity contribution in [3.8, 4) is 0 Å². The van der Waals surface area contributed by atoms with Gasteiger partial charge in [0.25, 0.3) is 0 Å². The van der Waals surface area contributed by atoms with Crippen molar-refractivity contribution in [1.82, 2.24) is 0 Å². The number of phosphoric acid groups is 1. The summed E-state index contributed by atoms with van der Waals surface area (Å²) in [4.78, 5) is 35.9. The first-order chi connectivity index (χ1) is 3.73. The standard InChI is InChI=1S/3Na.H3O4P.H2O3Si.3H/c;;;1-5(2,3)4;1-4(2)3;;;/h;;;(H3,1,2,3,4);1-2H;;;/q3*+1;;;3*-1. The molecule has 0 amide bonds. The molecule has 12 heteroatoms. The van der Waals surface area contributed by atoms with E-state index in [9.17, 15) is 0 Å². The SMILES string of the molecule is O=P(O)(O)O.O=[Si](O)O.[H-].[H-].[H-].[Na+].[Na+].[Na+]. The zero-order chi connectivity index (χ0) is 8.08. The van der Waals surface area contributed by atoms with Crippen molar-refractivity contribution in [1.29, 1.82) is 0 Å². The second-order valence-electron chi connectivity index (χ2n) is 0.796. The van der Waals surface area contributed by atoms with Gasteiger partial charge in [-0.15, -0.1) is 0 Å². The molecular formula is H8Na3O7PSi. The number of rotatable bonds is 0. The molecule has 0 aliphatic carbocycles. The van der Waals surface area contributed by atoms with Gasteiger partial charge in [-0.05, 0) is 0 Å². The summed E-state index contributed by atoms with van der Waals surface area (Å²) < 4.78 is 17.6. The van der Waals surface area contributed by atoms with Gasteiger partial charge in [0.1, 0.15) is 0 Å². The second kappa shape index (κ2) is 16.2. The van der Waals surface area contributed by atoms with Crippen LogP contribution in [0.5, 0.6) is 0 Å². The summed E-state index contributed by atoms with van der Waals surface area (Å²) in [5.74, 6) is 0. The first kappa shape index (κ1) is 29.3. The van der Waals surface area contributed by atoms with E-state index in [1.54, 1.807) is 0 Å². The molecular weight excluding hydrogens is 240 g/mol. The average molecular weight is 248 g/mol. The molecule has 12 heavy (non-hydrogen) atoms. The zero-order valence-electron chi connectivity index (χ0n) is 10.00. The van der Waals surface area contributed by atoms with Gasteiger partial charge in [0.2, 0.25) is 0 Å². The Morgan fingerprint density at radius 2 is 1.00 bits per heavy atom. The Balaban J connectivity index is -0.00000000785. The summed E-state index contributed by atoms with van der Waals surface area (Å²) >= 11 is 0. The molecule has 0 saturated heterocycles. The van der Waals surface area contributed by atoms with Crippen LogP contribution in [0.2, 0.25) is 0 Å². The molecule has 0 bridgehead atoms. The van der Waals surface area contributed by atoms with Gasteiger partial charge in [-0.2, -0.15) is 0 Å². The quantitative estimate of drug-likeness (QED) is 0.212. The van der Waals surface area contributed by atoms with E-state index in [-0.39, 0.29) is 93.0 Å². The molecule has 0 rings (SSSR count). The third kappa shape index (κ3) is 235. The Hall–Kier alpha value is 2.73. The van der Waals surface area contributed by atoms with Crippen LogP contribution in [0.3, 0.4) is 0 Å². The minimum atomic E-state index is -4.64. The van der Waals surface area contributed by atoms with Crippen LogP contribution in [0, 0.1) is 0 Å². The van der Waals surface area contributed by atoms with Gasteiger partial charge >= 0.3 is 106 Å². The molecule has 0 heterocycles. The van der Waals surface area contributed by atoms with Crippen molar-refractivity contribution < 1.29 is 126 Å². The van der Waals surface area contributed by atoms with Crippen molar-refractivity contribution in [2.45, 2.75) is 0 Å². The Morgan fingerprint density at radius 3 is 1.00 bits per heavy atom. The molecule has 7 nitrogen and oxygen atoms in total. The molecule has 0 fully saturated rings. The van der Waals surface area contributed by atoms with E-state index < -0.39 is 17.0 Å². The molecule has 0 unspecified atom stereocenters. The van der Waals surface area contributed by atoms with Crippen molar-refractivity contribution in [3.05, 3.63) is 0 Å². The Labute approximate surface area is 141 Å². The second-order valence-corrected chi connectivity index (χ2v) is 2.39. The third-order valence-electron chi connectivity index (χ3n) is 0. The van der Waals surface area contributed by atoms with Crippen LogP contribution in [-0.2, 0) is 9.03 Å². The largest absolute Gasteiger partial charge is 1.00 e. The first-order valence-corrected chi connectivity index (χ1v) is 4.30. The van der Waals surface area contributed by atoms with E-state index in [2.05, 4.69) is 0 Å². The van der Waals surface area contributed by atoms with Crippen LogP contribution in [0.1, 0.15) is 4.28 Å². The molecule has 0 aromatic heterocycles. The molecule has 0 radical (unpaired) electrons. The summed E-state index contributed by atoms with van der Waals surface area (Å²) in [5, 5.41) is 0. The van der Waals surface area contributed by atoms with Gasteiger partial charge in [-0.3, -0.25) is 4.46 Å². The monoisotopic (exact) mass is 248 g/mol. The smallest absolute Gasteiger partial charge is 1.00 e. The fourth-order valence-corrected chi connectivity index (χ4v) is 0. The van der Waals surface area contributed by atoms with Gasteiger partial charge in [0.05, 0.1) is 0 Å². The molecule has 0 spiro atoms. The molecule has 0 aromatic carbocycles. The fourth-order valence-electron chi connectivity index (χ4n) is 0. The van der Waals surface area contributed by atoms with Crippen molar-refractivity contribution in [3.63, 3.8) is 0 Å². The van der Waals surface area contributed by atoms with Gasteiger partial charge in [0.15, 0.2) is 0 Å². The van der Waals surface area contributed by atoms with E-state index in [1.165, 1.54) is 0 Å². The van der Waals surface area contributed by atoms with Crippen molar-refractivity contribution >= 4 is 17.0 Å². The predicted molar refractivity (Wildman–Crippen MR) is 28.5 cm³/mol. The van der Waals surface area contributed by atoms with Crippen LogP contribution < -0.4 is 88.7 Å². The van der Waals surface area contributed by atoms with E-state index in [4.69, 9.17) is 33.3 Å². The van der Waals surface area contributed by atoms with E-state index >= 15 is 0 Å². The summed E-state index contributed by atoms with van der Waals surface area (Å²) in [6, 6.07) is 0. The van der Waals surface area contributed by atoms with Crippen LogP contribution in [0.15, 0.2) is 0 Å². The van der Waals surface area contributed by atoms with E-state index in [0.717, 1.165) is 0 Å². The van der Waals surface area contributed by atoms with Crippen molar-refractivity contribution in [2.24, 2.45) is 0 Å². The molecule has 0 saturated carbocycles. The maximum atomic E-state index is 8.88. The summed E-state index contributed by atoms with van der Waals surface area (Å²) in [7, 11) is -7.77. The van der Waals surface area contributed by atoms with Crippen LogP contribution in [-0.4, -0.2) is 33.4 Å². The number of hydrogen-bond acceptors (Lipinski definition) is 2. The average Bonchev–Trinajstić information content (AvgIpc) is 1.19. The molecule has 0 atom stereocenters. The fraction of sp³-hybridized carbons (Fsp3) is 0. The van der Waals surface area contributed by atoms with Gasteiger partial charge in [-0.25, -0.2) is 4.57 Å². The molecule has 0 aromatic rings. The zero-order valence-corrected chi connectivity index (χ0v) is 14.9. The van der Waals surface area contributed by atoms with Crippen LogP contribution in [0.25, 0.3) is 0 Å². The van der Waals surface area contributed by atoms with E-state index in [0.29, 0.717) is 0 Å². The molecule has 62 valence electrons. The maximum Gasteiger partial charge on any atom is 1.00 e. The minimum Gasteiger partial charge on any atom is -1.00 e. The Kier molecular flexibility index (Phi) is 39.5. The molecule has 0 aliphatic rings. The van der Waals surface area contributed by atoms with Crippen LogP contribution in [0.4, 0.5) is 0 Å². The Bertz CT molecular complexity index is 129. The van der Waals surface area contributed by atoms with Crippen LogP contribution >= 0.6 is 7.82 Å². The van der Waals surface area contributed by atoms with Gasteiger partial charge in [0, 0.05) is 0 Å². The first-order valence-electron chi connectivity index (χ1n) is 1.43.